The van der Waals surface area contributed by atoms with E-state index in [1.165, 1.54) is 45.1 Å². The van der Waals surface area contributed by atoms with Gasteiger partial charge in [0.25, 0.3) is 0 Å². The van der Waals surface area contributed by atoms with E-state index in [-0.39, 0.29) is 0 Å². The highest BCUT2D eigenvalue weighted by atomic mass is 16.1. The lowest BCUT2D eigenvalue weighted by Crippen LogP contribution is -2.30. The Balaban J connectivity index is 2.14. The highest BCUT2D eigenvalue weighted by Gasteiger charge is 2.22. The van der Waals surface area contributed by atoms with Crippen molar-refractivity contribution in [2.24, 2.45) is 0 Å². The van der Waals surface area contributed by atoms with E-state index < -0.39 is 0 Å². The summed E-state index contributed by atoms with van der Waals surface area (Å²) in [6, 6.07) is 0.822. The zero-order valence-corrected chi connectivity index (χ0v) is 10.1. The van der Waals surface area contributed by atoms with Gasteiger partial charge in [-0.15, -0.1) is 0 Å². The SMILES string of the molecule is CCCCCC1CCCN1CCCC=O. The van der Waals surface area contributed by atoms with Crippen LogP contribution in [0.25, 0.3) is 0 Å². The second kappa shape index (κ2) is 7.86. The van der Waals surface area contributed by atoms with Gasteiger partial charge in [0.15, 0.2) is 0 Å². The largest absolute Gasteiger partial charge is 0.303 e. The van der Waals surface area contributed by atoms with Crippen LogP contribution in [-0.4, -0.2) is 30.3 Å². The van der Waals surface area contributed by atoms with Gasteiger partial charge in [-0.3, -0.25) is 0 Å². The lowest BCUT2D eigenvalue weighted by atomic mass is 10.1. The Morgan fingerprint density at radius 2 is 2.20 bits per heavy atom. The highest BCUT2D eigenvalue weighted by Crippen LogP contribution is 2.22. The summed E-state index contributed by atoms with van der Waals surface area (Å²) in [7, 11) is 0. The fraction of sp³-hybridized carbons (Fsp3) is 0.923. The molecular formula is C13H25NO. The first-order valence-corrected chi connectivity index (χ1v) is 6.56. The minimum Gasteiger partial charge on any atom is -0.303 e. The second-order valence-corrected chi connectivity index (χ2v) is 4.64. The first-order chi connectivity index (χ1) is 7.38. The molecule has 0 saturated carbocycles. The summed E-state index contributed by atoms with van der Waals surface area (Å²) >= 11 is 0. The van der Waals surface area contributed by atoms with Crippen molar-refractivity contribution >= 4 is 6.29 Å². The van der Waals surface area contributed by atoms with Gasteiger partial charge in [-0.05, 0) is 38.8 Å². The molecule has 0 bridgehead atoms. The molecule has 1 fully saturated rings. The summed E-state index contributed by atoms with van der Waals surface area (Å²) < 4.78 is 0. The lowest BCUT2D eigenvalue weighted by Gasteiger charge is -2.24. The molecule has 0 aromatic heterocycles. The number of hydrogen-bond donors (Lipinski definition) is 0. The minimum absolute atomic E-state index is 0.734. The van der Waals surface area contributed by atoms with Crippen LogP contribution in [0, 0.1) is 0 Å². The van der Waals surface area contributed by atoms with Crippen molar-refractivity contribution < 1.29 is 4.79 Å². The standard InChI is InChI=1S/C13H25NO/c1-2-3-4-8-13-9-7-11-14(13)10-5-6-12-15/h12-13H,2-11H2,1H3. The molecule has 1 unspecified atom stereocenters. The Morgan fingerprint density at radius 1 is 1.33 bits per heavy atom. The van der Waals surface area contributed by atoms with Crippen molar-refractivity contribution in [1.29, 1.82) is 0 Å². The highest BCUT2D eigenvalue weighted by molar-refractivity contribution is 5.49. The van der Waals surface area contributed by atoms with Gasteiger partial charge >= 0.3 is 0 Å². The first kappa shape index (κ1) is 12.7. The second-order valence-electron chi connectivity index (χ2n) is 4.64. The molecule has 1 atom stereocenters. The van der Waals surface area contributed by atoms with E-state index in [0.717, 1.165) is 31.7 Å². The molecule has 0 aromatic rings. The fourth-order valence-electron chi connectivity index (χ4n) is 2.52. The van der Waals surface area contributed by atoms with Crippen LogP contribution in [0.2, 0.25) is 0 Å². The van der Waals surface area contributed by atoms with E-state index in [0.29, 0.717) is 0 Å². The van der Waals surface area contributed by atoms with Gasteiger partial charge < -0.3 is 9.69 Å². The maximum absolute atomic E-state index is 10.3. The van der Waals surface area contributed by atoms with Crippen molar-refractivity contribution in [3.05, 3.63) is 0 Å². The van der Waals surface area contributed by atoms with Gasteiger partial charge in [-0.2, -0.15) is 0 Å². The van der Waals surface area contributed by atoms with Crippen molar-refractivity contribution in [2.45, 2.75) is 64.3 Å². The summed E-state index contributed by atoms with van der Waals surface area (Å²) in [5, 5.41) is 0. The smallest absolute Gasteiger partial charge is 0.120 e. The van der Waals surface area contributed by atoms with E-state index >= 15 is 0 Å². The normalized spacial score (nSPS) is 22.1. The van der Waals surface area contributed by atoms with Crippen molar-refractivity contribution in [3.8, 4) is 0 Å². The monoisotopic (exact) mass is 211 g/mol. The van der Waals surface area contributed by atoms with Crippen LogP contribution < -0.4 is 0 Å². The van der Waals surface area contributed by atoms with E-state index in [1.54, 1.807) is 0 Å². The van der Waals surface area contributed by atoms with Gasteiger partial charge in [0.2, 0.25) is 0 Å². The number of unbranched alkanes of at least 4 members (excludes halogenated alkanes) is 3. The fourth-order valence-corrected chi connectivity index (χ4v) is 2.52. The van der Waals surface area contributed by atoms with Crippen molar-refractivity contribution in [2.75, 3.05) is 13.1 Å². The molecule has 2 heteroatoms. The molecule has 0 aliphatic carbocycles. The van der Waals surface area contributed by atoms with Crippen LogP contribution >= 0.6 is 0 Å². The number of nitrogens with zero attached hydrogens (tertiary/aromatic N) is 1. The molecule has 88 valence electrons. The maximum Gasteiger partial charge on any atom is 0.120 e. The third kappa shape index (κ3) is 4.78. The number of carbonyl (C=O) groups excluding carboxylic acids is 1. The van der Waals surface area contributed by atoms with Gasteiger partial charge in [-0.1, -0.05) is 26.2 Å². The predicted molar refractivity (Wildman–Crippen MR) is 64.0 cm³/mol. The van der Waals surface area contributed by atoms with Gasteiger partial charge in [0.05, 0.1) is 0 Å². The lowest BCUT2D eigenvalue weighted by molar-refractivity contribution is -0.108. The molecule has 2 nitrogen and oxygen atoms in total. The number of rotatable bonds is 8. The molecule has 1 aliphatic rings. The van der Waals surface area contributed by atoms with Crippen LogP contribution in [0.1, 0.15) is 58.3 Å². The van der Waals surface area contributed by atoms with Crippen molar-refractivity contribution in [3.63, 3.8) is 0 Å². The van der Waals surface area contributed by atoms with E-state index in [1.807, 2.05) is 0 Å². The maximum atomic E-state index is 10.3. The molecule has 0 aromatic carbocycles. The summed E-state index contributed by atoms with van der Waals surface area (Å²) in [6.45, 7) is 4.65. The van der Waals surface area contributed by atoms with Gasteiger partial charge in [0, 0.05) is 12.5 Å². The number of hydrogen-bond acceptors (Lipinski definition) is 2. The Bertz CT molecular complexity index is 170. The zero-order chi connectivity index (χ0) is 10.9. The minimum atomic E-state index is 0.734. The molecule has 0 amide bonds. The summed E-state index contributed by atoms with van der Waals surface area (Å²) in [6.07, 6.45) is 11.0. The quantitative estimate of drug-likeness (QED) is 0.454. The average Bonchev–Trinajstić information content (AvgIpc) is 2.67. The topological polar surface area (TPSA) is 20.3 Å². The Kier molecular flexibility index (Phi) is 6.66. The number of likely N-dealkylation sites (tertiary alicyclic amines) is 1. The molecule has 0 N–H and O–H groups in total. The third-order valence-corrected chi connectivity index (χ3v) is 3.41. The summed E-state index contributed by atoms with van der Waals surface area (Å²) in [5.74, 6) is 0. The summed E-state index contributed by atoms with van der Waals surface area (Å²) in [5.41, 5.74) is 0. The zero-order valence-electron chi connectivity index (χ0n) is 10.1. The Labute approximate surface area is 94.0 Å². The van der Waals surface area contributed by atoms with Crippen LogP contribution in [0.5, 0.6) is 0 Å². The molecular weight excluding hydrogens is 186 g/mol. The number of carbonyl (C=O) groups is 1. The Hall–Kier alpha value is -0.370. The van der Waals surface area contributed by atoms with Gasteiger partial charge in [0.1, 0.15) is 6.29 Å². The molecule has 1 rings (SSSR count). The van der Waals surface area contributed by atoms with E-state index in [2.05, 4.69) is 11.8 Å². The molecule has 15 heavy (non-hydrogen) atoms. The molecule has 1 saturated heterocycles. The molecule has 0 spiro atoms. The molecule has 1 heterocycles. The van der Waals surface area contributed by atoms with Crippen LogP contribution in [-0.2, 0) is 4.79 Å². The first-order valence-electron chi connectivity index (χ1n) is 6.56. The summed E-state index contributed by atoms with van der Waals surface area (Å²) in [4.78, 5) is 12.8. The third-order valence-electron chi connectivity index (χ3n) is 3.41. The van der Waals surface area contributed by atoms with Crippen LogP contribution in [0.3, 0.4) is 0 Å². The van der Waals surface area contributed by atoms with Crippen LogP contribution in [0.4, 0.5) is 0 Å². The molecule has 0 radical (unpaired) electrons. The predicted octanol–water partition coefficient (Wildman–Crippen LogP) is 3.01. The van der Waals surface area contributed by atoms with Gasteiger partial charge in [-0.25, -0.2) is 0 Å². The Morgan fingerprint density at radius 3 is 2.93 bits per heavy atom. The van der Waals surface area contributed by atoms with E-state index in [9.17, 15) is 4.79 Å². The molecule has 1 aliphatic heterocycles. The average molecular weight is 211 g/mol. The van der Waals surface area contributed by atoms with Crippen molar-refractivity contribution in [1.82, 2.24) is 4.90 Å². The van der Waals surface area contributed by atoms with E-state index in [4.69, 9.17) is 0 Å². The number of aldehydes is 1. The van der Waals surface area contributed by atoms with Crippen LogP contribution in [0.15, 0.2) is 0 Å².